The molecule has 1 saturated heterocycles. The Morgan fingerprint density at radius 2 is 2.19 bits per heavy atom. The summed E-state index contributed by atoms with van der Waals surface area (Å²) in [5, 5.41) is 0. The molecule has 118 valence electrons. The van der Waals surface area contributed by atoms with E-state index >= 15 is 0 Å². The SMILES string of the molecule is CC1(C)OCC(C(Cc2ccccn2)NSC(C)(C)C)O1. The second-order valence-corrected chi connectivity index (χ2v) is 8.50. The van der Waals surface area contributed by atoms with Gasteiger partial charge in [0.15, 0.2) is 5.79 Å². The zero-order valence-corrected chi connectivity index (χ0v) is 14.4. The van der Waals surface area contributed by atoms with Crippen molar-refractivity contribution in [1.29, 1.82) is 0 Å². The molecule has 1 aliphatic rings. The fourth-order valence-corrected chi connectivity index (χ4v) is 2.90. The summed E-state index contributed by atoms with van der Waals surface area (Å²) >= 11 is 1.73. The Balaban J connectivity index is 2.03. The van der Waals surface area contributed by atoms with Gasteiger partial charge in [0, 0.05) is 23.1 Å². The Labute approximate surface area is 132 Å². The molecule has 1 fully saturated rings. The fourth-order valence-electron chi connectivity index (χ4n) is 2.16. The molecule has 0 aliphatic carbocycles. The van der Waals surface area contributed by atoms with E-state index in [1.54, 1.807) is 11.9 Å². The monoisotopic (exact) mass is 310 g/mol. The van der Waals surface area contributed by atoms with Gasteiger partial charge in [0.2, 0.25) is 0 Å². The first-order chi connectivity index (χ1) is 9.75. The fraction of sp³-hybridized carbons (Fsp3) is 0.688. The smallest absolute Gasteiger partial charge is 0.163 e. The largest absolute Gasteiger partial charge is 0.348 e. The van der Waals surface area contributed by atoms with Gasteiger partial charge in [0.25, 0.3) is 0 Å². The number of nitrogens with zero attached hydrogens (tertiary/aromatic N) is 1. The van der Waals surface area contributed by atoms with Gasteiger partial charge < -0.3 is 9.47 Å². The number of rotatable bonds is 5. The summed E-state index contributed by atoms with van der Waals surface area (Å²) in [6.45, 7) is 11.1. The molecule has 0 bridgehead atoms. The summed E-state index contributed by atoms with van der Waals surface area (Å²) in [4.78, 5) is 4.43. The van der Waals surface area contributed by atoms with Crippen LogP contribution in [0, 0.1) is 0 Å². The standard InChI is InChI=1S/C16H26N2O2S/c1-15(2,3)21-18-13(10-12-8-6-7-9-17-12)14-11-19-16(4,5)20-14/h6-9,13-14,18H,10-11H2,1-5H3. The third kappa shape index (κ3) is 5.58. The first-order valence-electron chi connectivity index (χ1n) is 7.40. The van der Waals surface area contributed by atoms with Gasteiger partial charge in [0.05, 0.1) is 12.6 Å². The van der Waals surface area contributed by atoms with Crippen molar-refractivity contribution in [2.45, 2.75) is 63.7 Å². The number of aromatic nitrogens is 1. The average molecular weight is 310 g/mol. The van der Waals surface area contributed by atoms with E-state index in [2.05, 4.69) is 36.5 Å². The van der Waals surface area contributed by atoms with Crippen LogP contribution >= 0.6 is 11.9 Å². The predicted molar refractivity (Wildman–Crippen MR) is 87.1 cm³/mol. The predicted octanol–water partition coefficient (Wildman–Crippen LogP) is 3.18. The van der Waals surface area contributed by atoms with E-state index in [9.17, 15) is 0 Å². The van der Waals surface area contributed by atoms with E-state index in [1.165, 1.54) is 0 Å². The van der Waals surface area contributed by atoms with Gasteiger partial charge >= 0.3 is 0 Å². The number of pyridine rings is 1. The molecule has 21 heavy (non-hydrogen) atoms. The minimum absolute atomic E-state index is 0.0388. The van der Waals surface area contributed by atoms with Gasteiger partial charge in [-0.3, -0.25) is 9.71 Å². The van der Waals surface area contributed by atoms with Crippen molar-refractivity contribution in [3.05, 3.63) is 30.1 Å². The van der Waals surface area contributed by atoms with Gasteiger partial charge in [-0.1, -0.05) is 18.0 Å². The average Bonchev–Trinajstić information content (AvgIpc) is 2.75. The van der Waals surface area contributed by atoms with Crippen molar-refractivity contribution >= 4 is 11.9 Å². The van der Waals surface area contributed by atoms with Crippen molar-refractivity contribution in [3.63, 3.8) is 0 Å². The van der Waals surface area contributed by atoms with E-state index < -0.39 is 5.79 Å². The molecule has 1 aliphatic heterocycles. The van der Waals surface area contributed by atoms with Crippen LogP contribution in [0.3, 0.4) is 0 Å². The third-order valence-electron chi connectivity index (χ3n) is 3.15. The molecule has 2 rings (SSSR count). The van der Waals surface area contributed by atoms with Crippen molar-refractivity contribution in [2.75, 3.05) is 6.61 Å². The molecular weight excluding hydrogens is 284 g/mol. The summed E-state index contributed by atoms with van der Waals surface area (Å²) in [7, 11) is 0. The highest BCUT2D eigenvalue weighted by Crippen LogP contribution is 2.28. The zero-order valence-electron chi connectivity index (χ0n) is 13.6. The Kier molecular flexibility index (Phi) is 5.30. The highest BCUT2D eigenvalue weighted by Gasteiger charge is 2.38. The molecule has 2 unspecified atom stereocenters. The maximum atomic E-state index is 6.02. The summed E-state index contributed by atoms with van der Waals surface area (Å²) in [6.07, 6.45) is 2.70. The molecule has 0 spiro atoms. The van der Waals surface area contributed by atoms with Crippen LogP contribution in [0.4, 0.5) is 0 Å². The first-order valence-corrected chi connectivity index (χ1v) is 8.22. The van der Waals surface area contributed by atoms with E-state index in [-0.39, 0.29) is 16.9 Å². The van der Waals surface area contributed by atoms with Crippen LogP contribution in [0.1, 0.15) is 40.3 Å². The lowest BCUT2D eigenvalue weighted by Gasteiger charge is -2.28. The Morgan fingerprint density at radius 1 is 1.43 bits per heavy atom. The molecule has 4 nitrogen and oxygen atoms in total. The van der Waals surface area contributed by atoms with Crippen molar-refractivity contribution in [1.82, 2.24) is 9.71 Å². The number of hydrogen-bond acceptors (Lipinski definition) is 5. The van der Waals surface area contributed by atoms with Crippen LogP contribution in [0.25, 0.3) is 0 Å². The van der Waals surface area contributed by atoms with Crippen LogP contribution in [-0.4, -0.2) is 34.3 Å². The summed E-state index contributed by atoms with van der Waals surface area (Å²) in [5.41, 5.74) is 1.07. The second kappa shape index (κ2) is 6.65. The molecule has 1 aromatic rings. The van der Waals surface area contributed by atoms with Crippen LogP contribution in [0.2, 0.25) is 0 Å². The van der Waals surface area contributed by atoms with Crippen molar-refractivity contribution in [2.24, 2.45) is 0 Å². The van der Waals surface area contributed by atoms with Gasteiger partial charge in [0.1, 0.15) is 6.10 Å². The van der Waals surface area contributed by atoms with E-state index in [1.807, 2.05) is 32.2 Å². The first kappa shape index (κ1) is 16.7. The maximum absolute atomic E-state index is 6.02. The van der Waals surface area contributed by atoms with Crippen LogP contribution in [0.15, 0.2) is 24.4 Å². The zero-order chi connectivity index (χ0) is 15.5. The Morgan fingerprint density at radius 3 is 2.71 bits per heavy atom. The minimum atomic E-state index is -0.499. The highest BCUT2D eigenvalue weighted by molar-refractivity contribution is 7.98. The van der Waals surface area contributed by atoms with Crippen LogP contribution in [-0.2, 0) is 15.9 Å². The summed E-state index contributed by atoms with van der Waals surface area (Å²) in [5.74, 6) is -0.499. The van der Waals surface area contributed by atoms with Crippen molar-refractivity contribution < 1.29 is 9.47 Å². The molecular formula is C16H26N2O2S. The van der Waals surface area contributed by atoms with Crippen molar-refractivity contribution in [3.8, 4) is 0 Å². The summed E-state index contributed by atoms with van der Waals surface area (Å²) in [6, 6.07) is 6.18. The molecule has 2 atom stereocenters. The maximum Gasteiger partial charge on any atom is 0.163 e. The second-order valence-electron chi connectivity index (χ2n) is 6.83. The van der Waals surface area contributed by atoms with Gasteiger partial charge in [-0.05, 0) is 46.8 Å². The topological polar surface area (TPSA) is 43.4 Å². The third-order valence-corrected chi connectivity index (χ3v) is 4.18. The lowest BCUT2D eigenvalue weighted by Crippen LogP contribution is -2.42. The van der Waals surface area contributed by atoms with E-state index in [4.69, 9.17) is 9.47 Å². The molecule has 0 amide bonds. The minimum Gasteiger partial charge on any atom is -0.348 e. The molecule has 0 radical (unpaired) electrons. The lowest BCUT2D eigenvalue weighted by molar-refractivity contribution is -0.141. The summed E-state index contributed by atoms with van der Waals surface area (Å²) < 4.78 is 15.4. The molecule has 2 heterocycles. The lowest BCUT2D eigenvalue weighted by atomic mass is 10.1. The Hall–Kier alpha value is -0.620. The number of nitrogens with one attached hydrogen (secondary N) is 1. The van der Waals surface area contributed by atoms with Gasteiger partial charge in [-0.2, -0.15) is 0 Å². The normalized spacial score (nSPS) is 23.2. The molecule has 0 aromatic carbocycles. The van der Waals surface area contributed by atoms with Crippen LogP contribution < -0.4 is 4.72 Å². The Bertz CT molecular complexity index is 445. The molecule has 0 saturated carbocycles. The molecule has 5 heteroatoms. The van der Waals surface area contributed by atoms with Gasteiger partial charge in [-0.25, -0.2) is 0 Å². The van der Waals surface area contributed by atoms with Crippen LogP contribution in [0.5, 0.6) is 0 Å². The van der Waals surface area contributed by atoms with E-state index in [0.29, 0.717) is 6.61 Å². The van der Waals surface area contributed by atoms with Gasteiger partial charge in [-0.15, -0.1) is 0 Å². The molecule has 1 N–H and O–H groups in total. The van der Waals surface area contributed by atoms with E-state index in [0.717, 1.165) is 12.1 Å². The molecule has 1 aromatic heterocycles. The number of ether oxygens (including phenoxy) is 2. The number of hydrogen-bond donors (Lipinski definition) is 1. The quantitative estimate of drug-likeness (QED) is 0.846. The highest BCUT2D eigenvalue weighted by atomic mass is 32.2.